The third-order valence-electron chi connectivity index (χ3n) is 5.99. The number of benzene rings is 1. The molecule has 2 aromatic rings. The fraction of sp³-hybridized carbons (Fsp3) is 0.524. The number of amides is 1. The number of carbonyl (C=O) groups is 1. The van der Waals surface area contributed by atoms with Gasteiger partial charge in [-0.15, -0.1) is 0 Å². The number of rotatable bonds is 6. The average molecular weight is 460 g/mol. The highest BCUT2D eigenvalue weighted by atomic mass is 19.4. The van der Waals surface area contributed by atoms with Crippen molar-refractivity contribution >= 4 is 5.91 Å². The minimum absolute atomic E-state index is 0.0144. The highest BCUT2D eigenvalue weighted by molar-refractivity contribution is 5.77. The Kier molecular flexibility index (Phi) is 5.95. The Bertz CT molecular complexity index is 1020. The van der Waals surface area contributed by atoms with Gasteiger partial charge in [0.05, 0.1) is 24.5 Å². The molecule has 5 nitrogen and oxygen atoms in total. The van der Waals surface area contributed by atoms with Crippen molar-refractivity contribution in [2.75, 3.05) is 0 Å². The van der Waals surface area contributed by atoms with Crippen LogP contribution < -0.4 is 5.73 Å². The van der Waals surface area contributed by atoms with Gasteiger partial charge >= 0.3 is 6.18 Å². The molecule has 2 atom stereocenters. The van der Waals surface area contributed by atoms with Crippen LogP contribution in [-0.2, 0) is 30.5 Å². The van der Waals surface area contributed by atoms with Gasteiger partial charge < -0.3 is 15.2 Å². The maximum Gasteiger partial charge on any atom is 0.449 e. The normalized spacial score (nSPS) is 19.7. The monoisotopic (exact) mass is 460 g/mol. The Morgan fingerprint density at radius 2 is 1.84 bits per heavy atom. The largest absolute Gasteiger partial charge is 0.449 e. The molecule has 2 aliphatic rings. The first-order chi connectivity index (χ1) is 15.0. The first kappa shape index (κ1) is 22.6. The molecule has 4 rings (SSSR count). The lowest BCUT2D eigenvalue weighted by Gasteiger charge is -2.38. The Hall–Kier alpha value is -2.56. The van der Waals surface area contributed by atoms with E-state index in [2.05, 4.69) is 4.98 Å². The number of alkyl halides is 3. The average Bonchev–Trinajstić information content (AvgIpc) is 3.40. The smallest absolute Gasteiger partial charge is 0.332 e. The van der Waals surface area contributed by atoms with Crippen LogP contribution in [0.15, 0.2) is 18.3 Å². The second kappa shape index (κ2) is 8.42. The van der Waals surface area contributed by atoms with Crippen LogP contribution in [0.1, 0.15) is 42.8 Å². The molecule has 1 fully saturated rings. The van der Waals surface area contributed by atoms with Gasteiger partial charge in [0.15, 0.2) is 11.6 Å². The number of halogens is 6. The Morgan fingerprint density at radius 1 is 1.16 bits per heavy atom. The number of hydrogen-bond acceptors (Lipinski definition) is 3. The van der Waals surface area contributed by atoms with Crippen LogP contribution in [0, 0.1) is 23.4 Å². The summed E-state index contributed by atoms with van der Waals surface area (Å²) in [6.07, 6.45) is -1.36. The molecule has 1 amide bonds. The van der Waals surface area contributed by atoms with Gasteiger partial charge in [-0.1, -0.05) is 12.8 Å². The first-order valence-corrected chi connectivity index (χ1v) is 10.3. The maximum atomic E-state index is 13.9. The highest BCUT2D eigenvalue weighted by Gasteiger charge is 2.42. The summed E-state index contributed by atoms with van der Waals surface area (Å²) in [4.78, 5) is 18.0. The predicted octanol–water partition coefficient (Wildman–Crippen LogP) is 3.79. The number of imidazole rings is 1. The van der Waals surface area contributed by atoms with Crippen LogP contribution in [0.25, 0.3) is 0 Å². The van der Waals surface area contributed by atoms with Crippen LogP contribution in [0.5, 0.6) is 0 Å². The maximum absolute atomic E-state index is 13.9. The topological polar surface area (TPSA) is 64.2 Å². The molecule has 1 aromatic carbocycles. The summed E-state index contributed by atoms with van der Waals surface area (Å²) in [5.41, 5.74) is 6.12. The lowest BCUT2D eigenvalue weighted by Crippen LogP contribution is -2.48. The predicted molar refractivity (Wildman–Crippen MR) is 102 cm³/mol. The van der Waals surface area contributed by atoms with E-state index in [0.29, 0.717) is 24.5 Å². The molecule has 2 heterocycles. The molecule has 0 spiro atoms. The van der Waals surface area contributed by atoms with E-state index in [-0.39, 0.29) is 43.1 Å². The fourth-order valence-electron chi connectivity index (χ4n) is 4.23. The molecule has 1 unspecified atom stereocenters. The molecule has 0 bridgehead atoms. The van der Waals surface area contributed by atoms with Crippen molar-refractivity contribution in [2.24, 2.45) is 11.7 Å². The summed E-state index contributed by atoms with van der Waals surface area (Å²) in [5, 5.41) is 0. The highest BCUT2D eigenvalue weighted by Crippen LogP contribution is 2.38. The number of carbonyl (C=O) groups excluding carboxylic acids is 1. The summed E-state index contributed by atoms with van der Waals surface area (Å²) in [6.45, 7) is -0.0506. The molecule has 11 heteroatoms. The van der Waals surface area contributed by atoms with E-state index in [1.807, 2.05) is 0 Å². The molecule has 1 aliphatic heterocycles. The minimum Gasteiger partial charge on any atom is -0.332 e. The van der Waals surface area contributed by atoms with Gasteiger partial charge in [-0.3, -0.25) is 4.79 Å². The molecule has 1 saturated carbocycles. The summed E-state index contributed by atoms with van der Waals surface area (Å²) in [5.74, 6) is -4.49. The fourth-order valence-corrected chi connectivity index (χ4v) is 4.23. The van der Waals surface area contributed by atoms with Gasteiger partial charge in [-0.05, 0) is 30.4 Å². The third-order valence-corrected chi connectivity index (χ3v) is 5.99. The van der Waals surface area contributed by atoms with E-state index < -0.39 is 41.5 Å². The third kappa shape index (κ3) is 4.77. The number of hydrogen-bond donors (Lipinski definition) is 1. The Balaban J connectivity index is 1.49. The zero-order valence-electron chi connectivity index (χ0n) is 17.0. The van der Waals surface area contributed by atoms with Crippen molar-refractivity contribution in [3.63, 3.8) is 0 Å². The van der Waals surface area contributed by atoms with E-state index >= 15 is 0 Å². The lowest BCUT2D eigenvalue weighted by molar-refractivity contribution is -0.149. The van der Waals surface area contributed by atoms with E-state index in [4.69, 9.17) is 5.73 Å². The van der Waals surface area contributed by atoms with Crippen LogP contribution >= 0.6 is 0 Å². The SMILES string of the molecule is N[C@@H](CC(=O)N1Cc2cnc(C(F)(F)F)n2CC1CC1CC1)Cc1cc(F)c(F)cc1F. The van der Waals surface area contributed by atoms with Gasteiger partial charge in [0.25, 0.3) is 0 Å². The second-order valence-electron chi connectivity index (χ2n) is 8.56. The summed E-state index contributed by atoms with van der Waals surface area (Å²) in [6, 6.07) is -0.177. The van der Waals surface area contributed by atoms with Gasteiger partial charge in [-0.25, -0.2) is 18.2 Å². The molecular formula is C21H22F6N4O. The van der Waals surface area contributed by atoms with Gasteiger partial charge in [0.1, 0.15) is 5.82 Å². The van der Waals surface area contributed by atoms with Crippen LogP contribution in [0.4, 0.5) is 26.3 Å². The molecule has 0 saturated heterocycles. The van der Waals surface area contributed by atoms with Crippen LogP contribution in [0.2, 0.25) is 0 Å². The number of fused-ring (bicyclic) bond motifs is 1. The molecule has 1 aliphatic carbocycles. The summed E-state index contributed by atoms with van der Waals surface area (Å²) in [7, 11) is 0. The number of aromatic nitrogens is 2. The first-order valence-electron chi connectivity index (χ1n) is 10.3. The van der Waals surface area contributed by atoms with Crippen molar-refractivity contribution in [1.82, 2.24) is 14.5 Å². The second-order valence-corrected chi connectivity index (χ2v) is 8.56. The summed E-state index contributed by atoms with van der Waals surface area (Å²) < 4.78 is 81.4. The van der Waals surface area contributed by atoms with Gasteiger partial charge in [-0.2, -0.15) is 13.2 Å². The van der Waals surface area contributed by atoms with E-state index in [1.54, 1.807) is 0 Å². The number of nitrogens with zero attached hydrogens (tertiary/aromatic N) is 3. The van der Waals surface area contributed by atoms with E-state index in [0.717, 1.165) is 23.6 Å². The Labute approximate surface area is 180 Å². The van der Waals surface area contributed by atoms with Crippen molar-refractivity contribution in [1.29, 1.82) is 0 Å². The minimum atomic E-state index is -4.59. The van der Waals surface area contributed by atoms with Crippen molar-refractivity contribution in [3.05, 3.63) is 52.9 Å². The van der Waals surface area contributed by atoms with Crippen LogP contribution in [0.3, 0.4) is 0 Å². The van der Waals surface area contributed by atoms with Gasteiger partial charge in [0.2, 0.25) is 11.7 Å². The zero-order chi connectivity index (χ0) is 23.2. The van der Waals surface area contributed by atoms with E-state index in [1.165, 1.54) is 4.90 Å². The van der Waals surface area contributed by atoms with Gasteiger partial charge in [0, 0.05) is 25.1 Å². The Morgan fingerprint density at radius 3 is 2.50 bits per heavy atom. The van der Waals surface area contributed by atoms with Crippen LogP contribution in [-0.4, -0.2) is 32.4 Å². The molecule has 0 radical (unpaired) electrons. The standard InChI is InChI=1S/C21H22F6N4O/c22-16-7-18(24)17(23)5-12(16)4-13(28)6-19(32)30-10-15-8-29-20(21(25,26)27)31(15)9-14(30)3-11-1-2-11/h5,7-8,11,13-14H,1-4,6,9-10,28H2/t13-,14?/m1/s1. The quantitative estimate of drug-likeness (QED) is 0.527. The lowest BCUT2D eigenvalue weighted by atomic mass is 10.0. The molecular weight excluding hydrogens is 438 g/mol. The molecule has 32 heavy (non-hydrogen) atoms. The van der Waals surface area contributed by atoms with E-state index in [9.17, 15) is 31.1 Å². The molecule has 2 N–H and O–H groups in total. The zero-order valence-corrected chi connectivity index (χ0v) is 17.0. The van der Waals surface area contributed by atoms with Crippen molar-refractivity contribution in [2.45, 2.75) is 63.5 Å². The summed E-state index contributed by atoms with van der Waals surface area (Å²) >= 11 is 0. The molecule has 1 aromatic heterocycles. The molecule has 174 valence electrons. The van der Waals surface area contributed by atoms with Crippen molar-refractivity contribution < 1.29 is 31.1 Å². The number of nitrogens with two attached hydrogens (primary N) is 1. The van der Waals surface area contributed by atoms with Crippen molar-refractivity contribution in [3.8, 4) is 0 Å².